The zero-order valence-corrected chi connectivity index (χ0v) is 15.4. The second-order valence-electron chi connectivity index (χ2n) is 6.45. The van der Waals surface area contributed by atoms with Crippen LogP contribution in [0.3, 0.4) is 0 Å². The Hall–Kier alpha value is -2.48. The summed E-state index contributed by atoms with van der Waals surface area (Å²) in [5.74, 6) is -0.379. The van der Waals surface area contributed by atoms with Crippen LogP contribution in [0.1, 0.15) is 29.8 Å². The first-order valence-corrected chi connectivity index (χ1v) is 10.0. The van der Waals surface area contributed by atoms with Crippen molar-refractivity contribution in [3.05, 3.63) is 47.0 Å². The molecule has 0 radical (unpaired) electrons. The highest BCUT2D eigenvalue weighted by atomic mass is 32.2. The van der Waals surface area contributed by atoms with Crippen molar-refractivity contribution in [3.63, 3.8) is 0 Å². The molecule has 1 aliphatic rings. The van der Waals surface area contributed by atoms with Crippen molar-refractivity contribution in [2.45, 2.75) is 42.4 Å². The Morgan fingerprint density at radius 2 is 2.00 bits per heavy atom. The summed E-state index contributed by atoms with van der Waals surface area (Å²) >= 11 is 0. The van der Waals surface area contributed by atoms with E-state index in [1.54, 1.807) is 11.6 Å². The van der Waals surface area contributed by atoms with Gasteiger partial charge in [0, 0.05) is 18.4 Å². The highest BCUT2D eigenvalue weighted by Gasteiger charge is 2.31. The summed E-state index contributed by atoms with van der Waals surface area (Å²) in [5, 5.41) is 7.33. The lowest BCUT2D eigenvalue weighted by molar-refractivity contribution is 0.591. The molecule has 0 fully saturated rings. The molecule has 8 heteroatoms. The summed E-state index contributed by atoms with van der Waals surface area (Å²) in [6.07, 6.45) is 3.88. The van der Waals surface area contributed by atoms with Crippen LogP contribution in [-0.2, 0) is 22.7 Å². The molecule has 136 valence electrons. The fraction of sp³-hybridized carbons (Fsp3) is 0.333. The molecule has 0 bridgehead atoms. The minimum atomic E-state index is -3.98. The normalized spacial score (nSPS) is 14.4. The molecule has 0 saturated carbocycles. The van der Waals surface area contributed by atoms with Gasteiger partial charge in [0.05, 0.1) is 4.90 Å². The Morgan fingerprint density at radius 3 is 2.73 bits per heavy atom. The lowest BCUT2D eigenvalue weighted by Gasteiger charge is -2.18. The summed E-state index contributed by atoms with van der Waals surface area (Å²) in [7, 11) is -2.36. The van der Waals surface area contributed by atoms with E-state index in [0.717, 1.165) is 48.7 Å². The molecule has 0 aliphatic heterocycles. The fourth-order valence-electron chi connectivity index (χ4n) is 3.58. The predicted octanol–water partition coefficient (Wildman–Crippen LogP) is 2.93. The van der Waals surface area contributed by atoms with Crippen LogP contribution in [0.2, 0.25) is 0 Å². The van der Waals surface area contributed by atoms with Crippen LogP contribution in [0.5, 0.6) is 0 Å². The van der Waals surface area contributed by atoms with Crippen molar-refractivity contribution in [2.75, 3.05) is 12.4 Å². The van der Waals surface area contributed by atoms with E-state index in [0.29, 0.717) is 0 Å². The van der Waals surface area contributed by atoms with Crippen molar-refractivity contribution in [1.29, 1.82) is 0 Å². The number of nitrogens with zero attached hydrogens (tertiary/aromatic N) is 3. The van der Waals surface area contributed by atoms with Crippen LogP contribution in [0, 0.1) is 12.7 Å². The van der Waals surface area contributed by atoms with Crippen molar-refractivity contribution in [1.82, 2.24) is 14.6 Å². The minimum absolute atomic E-state index is 0.0120. The highest BCUT2D eigenvalue weighted by Crippen LogP contribution is 2.33. The Kier molecular flexibility index (Phi) is 3.95. The topological polar surface area (TPSA) is 76.4 Å². The maximum Gasteiger partial charge on any atom is 0.214 e. The summed E-state index contributed by atoms with van der Waals surface area (Å²) in [5.41, 5.74) is 3.27. The van der Waals surface area contributed by atoms with E-state index in [1.165, 1.54) is 18.2 Å². The molecule has 4 rings (SSSR count). The number of fused-ring (bicyclic) bond motifs is 3. The zero-order chi connectivity index (χ0) is 18.5. The van der Waals surface area contributed by atoms with Crippen LogP contribution >= 0.6 is 0 Å². The van der Waals surface area contributed by atoms with Gasteiger partial charge in [-0.15, -0.1) is 5.10 Å². The van der Waals surface area contributed by atoms with Gasteiger partial charge in [0.2, 0.25) is 9.84 Å². The number of aromatic nitrogens is 3. The van der Waals surface area contributed by atoms with Crippen LogP contribution in [0.15, 0.2) is 34.1 Å². The molecule has 6 nitrogen and oxygen atoms in total. The van der Waals surface area contributed by atoms with Gasteiger partial charge in [-0.25, -0.2) is 22.3 Å². The molecule has 1 aliphatic carbocycles. The number of benzene rings is 1. The van der Waals surface area contributed by atoms with Crippen molar-refractivity contribution >= 4 is 21.3 Å². The Bertz CT molecular complexity index is 1120. The molecular formula is C18H19FN4O2S. The van der Waals surface area contributed by atoms with Gasteiger partial charge in [0.15, 0.2) is 16.4 Å². The molecule has 0 unspecified atom stereocenters. The van der Waals surface area contributed by atoms with Gasteiger partial charge in [0.1, 0.15) is 5.82 Å². The largest absolute Gasteiger partial charge is 0.370 e. The van der Waals surface area contributed by atoms with E-state index in [4.69, 9.17) is 0 Å². The number of sulfone groups is 1. The van der Waals surface area contributed by atoms with E-state index in [9.17, 15) is 12.8 Å². The molecule has 0 spiro atoms. The van der Waals surface area contributed by atoms with Crippen LogP contribution in [0.4, 0.5) is 10.2 Å². The van der Waals surface area contributed by atoms with E-state index < -0.39 is 15.7 Å². The number of nitrogens with one attached hydrogen (secondary N) is 1. The summed E-state index contributed by atoms with van der Waals surface area (Å²) < 4.78 is 41.7. The lowest BCUT2D eigenvalue weighted by Crippen LogP contribution is -2.14. The number of anilines is 1. The fourth-order valence-corrected chi connectivity index (χ4v) is 5.11. The average Bonchev–Trinajstić information content (AvgIpc) is 3.01. The maximum absolute atomic E-state index is 13.6. The first-order chi connectivity index (χ1) is 12.4. The summed E-state index contributed by atoms with van der Waals surface area (Å²) in [6.45, 7) is 1.90. The number of halogens is 1. The third-order valence-corrected chi connectivity index (χ3v) is 6.62. The average molecular weight is 374 g/mol. The SMILES string of the molecule is CNc1nn2c3c(c(C)nc2c1S(=O)(=O)c1cccc(F)c1)CCCC3. The van der Waals surface area contributed by atoms with Crippen molar-refractivity contribution < 1.29 is 12.8 Å². The Labute approximate surface area is 151 Å². The number of aryl methyl sites for hydroxylation is 2. The van der Waals surface area contributed by atoms with Gasteiger partial charge >= 0.3 is 0 Å². The van der Waals surface area contributed by atoms with Gasteiger partial charge in [-0.3, -0.25) is 0 Å². The molecule has 0 amide bonds. The molecule has 0 atom stereocenters. The van der Waals surface area contributed by atoms with Gasteiger partial charge < -0.3 is 5.32 Å². The summed E-state index contributed by atoms with van der Waals surface area (Å²) in [4.78, 5) is 4.44. The van der Waals surface area contributed by atoms with E-state index in [1.807, 2.05) is 6.92 Å². The molecule has 26 heavy (non-hydrogen) atoms. The Balaban J connectivity index is 2.05. The Morgan fingerprint density at radius 1 is 1.23 bits per heavy atom. The quantitative estimate of drug-likeness (QED) is 0.763. The standard InChI is InChI=1S/C18H19FN4O2S/c1-11-14-8-3-4-9-15(14)23-18(21-11)16(17(20-2)22-23)26(24,25)13-7-5-6-12(19)10-13/h5-7,10H,3-4,8-9H2,1-2H3,(H,20,22). The van der Waals surface area contributed by atoms with E-state index in [2.05, 4.69) is 15.4 Å². The zero-order valence-electron chi connectivity index (χ0n) is 14.6. The number of hydrogen-bond donors (Lipinski definition) is 1. The predicted molar refractivity (Wildman–Crippen MR) is 95.8 cm³/mol. The molecule has 1 aromatic carbocycles. The second kappa shape index (κ2) is 6.05. The smallest absolute Gasteiger partial charge is 0.214 e. The molecule has 2 heterocycles. The molecule has 0 saturated heterocycles. The van der Waals surface area contributed by atoms with Crippen molar-refractivity contribution in [3.8, 4) is 0 Å². The summed E-state index contributed by atoms with van der Waals surface area (Å²) in [6, 6.07) is 5.00. The van der Waals surface area contributed by atoms with Gasteiger partial charge in [-0.1, -0.05) is 6.07 Å². The third-order valence-electron chi connectivity index (χ3n) is 4.84. The number of rotatable bonds is 3. The first-order valence-electron chi connectivity index (χ1n) is 8.53. The van der Waals surface area contributed by atoms with Crippen molar-refractivity contribution in [2.24, 2.45) is 0 Å². The third kappa shape index (κ3) is 2.47. The van der Waals surface area contributed by atoms with Crippen LogP contribution < -0.4 is 5.32 Å². The maximum atomic E-state index is 13.6. The molecular weight excluding hydrogens is 355 g/mol. The molecule has 3 aromatic rings. The van der Waals surface area contributed by atoms with Gasteiger partial charge in [0.25, 0.3) is 0 Å². The first kappa shape index (κ1) is 17.0. The van der Waals surface area contributed by atoms with E-state index >= 15 is 0 Å². The van der Waals surface area contributed by atoms with Crippen LogP contribution in [-0.4, -0.2) is 30.1 Å². The van der Waals surface area contributed by atoms with Crippen LogP contribution in [0.25, 0.3) is 5.65 Å². The van der Waals surface area contributed by atoms with E-state index in [-0.39, 0.29) is 21.3 Å². The van der Waals surface area contributed by atoms with Gasteiger partial charge in [-0.2, -0.15) is 0 Å². The lowest BCUT2D eigenvalue weighted by atomic mass is 9.95. The van der Waals surface area contributed by atoms with Gasteiger partial charge in [-0.05, 0) is 56.4 Å². The number of hydrogen-bond acceptors (Lipinski definition) is 5. The molecule has 2 aromatic heterocycles. The highest BCUT2D eigenvalue weighted by molar-refractivity contribution is 7.91. The monoisotopic (exact) mass is 374 g/mol. The second-order valence-corrected chi connectivity index (χ2v) is 8.34. The molecule has 1 N–H and O–H groups in total. The minimum Gasteiger partial charge on any atom is -0.370 e.